The Balaban J connectivity index is 1.37. The third-order valence-corrected chi connectivity index (χ3v) is 7.90. The molecule has 44 heavy (non-hydrogen) atoms. The molecule has 0 unspecified atom stereocenters. The summed E-state index contributed by atoms with van der Waals surface area (Å²) in [5.41, 5.74) is 3.47. The van der Waals surface area contributed by atoms with E-state index in [1.165, 1.54) is 24.3 Å². The van der Waals surface area contributed by atoms with Gasteiger partial charge in [-0.1, -0.05) is 0 Å². The summed E-state index contributed by atoms with van der Waals surface area (Å²) in [4.78, 5) is 17.5. The smallest absolute Gasteiger partial charge is 0.126 e. The number of pyridine rings is 2. The Labute approximate surface area is 256 Å². The van der Waals surface area contributed by atoms with Crippen LogP contribution in [0, 0.1) is 23.3 Å². The molecule has 6 nitrogen and oxygen atoms in total. The lowest BCUT2D eigenvalue weighted by atomic mass is 10.1. The second-order valence-corrected chi connectivity index (χ2v) is 11.4. The van der Waals surface area contributed by atoms with E-state index in [9.17, 15) is 17.6 Å². The zero-order chi connectivity index (χ0) is 30.7. The fraction of sp³-hybridized carbons (Fsp3) is 0.353. The normalized spacial score (nSPS) is 16.8. The topological polar surface area (TPSA) is 38.7 Å². The molecule has 10 heteroatoms. The molecule has 2 aromatic heterocycles. The highest BCUT2D eigenvalue weighted by molar-refractivity contribution is 5.19. The minimum atomic E-state index is -0.578. The Morgan fingerprint density at radius 3 is 0.909 bits per heavy atom. The first-order chi connectivity index (χ1) is 21.4. The predicted molar refractivity (Wildman–Crippen MR) is 162 cm³/mol. The van der Waals surface area contributed by atoms with Crippen molar-refractivity contribution in [3.05, 3.63) is 131 Å². The number of hydrogen-bond donors (Lipinski definition) is 0. The summed E-state index contributed by atoms with van der Waals surface area (Å²) < 4.78 is 56.2. The molecule has 5 rings (SSSR count). The van der Waals surface area contributed by atoms with Crippen LogP contribution in [-0.4, -0.2) is 81.9 Å². The van der Waals surface area contributed by atoms with Crippen LogP contribution in [0.3, 0.4) is 0 Å². The van der Waals surface area contributed by atoms with Gasteiger partial charge in [0.1, 0.15) is 23.3 Å². The van der Waals surface area contributed by atoms with E-state index in [2.05, 4.69) is 29.6 Å². The maximum atomic E-state index is 14.1. The fourth-order valence-corrected chi connectivity index (χ4v) is 5.62. The molecule has 0 bridgehead atoms. The van der Waals surface area contributed by atoms with Crippen LogP contribution in [0.15, 0.2) is 85.5 Å². The van der Waals surface area contributed by atoms with Crippen LogP contribution in [-0.2, 0) is 26.2 Å². The summed E-state index contributed by atoms with van der Waals surface area (Å²) in [6, 6.07) is 15.4. The minimum absolute atomic E-state index is 0.429. The molecule has 1 aliphatic heterocycles. The molecule has 0 saturated carbocycles. The molecule has 4 aromatic rings. The first kappa shape index (κ1) is 31.7. The highest BCUT2D eigenvalue weighted by Gasteiger charge is 2.19. The van der Waals surface area contributed by atoms with E-state index in [0.29, 0.717) is 63.5 Å². The van der Waals surface area contributed by atoms with Gasteiger partial charge in [0.25, 0.3) is 0 Å². The molecule has 0 atom stereocenters. The first-order valence-electron chi connectivity index (χ1n) is 14.9. The maximum absolute atomic E-state index is 14.1. The largest absolute Gasteiger partial charge is 0.297 e. The van der Waals surface area contributed by atoms with Gasteiger partial charge in [-0.25, -0.2) is 17.6 Å². The highest BCUT2D eigenvalue weighted by atomic mass is 19.1. The van der Waals surface area contributed by atoms with Crippen LogP contribution in [0.4, 0.5) is 17.6 Å². The molecule has 1 saturated heterocycles. The average Bonchev–Trinajstić information content (AvgIpc) is 2.98. The van der Waals surface area contributed by atoms with E-state index in [4.69, 9.17) is 0 Å². The summed E-state index contributed by atoms with van der Waals surface area (Å²) >= 11 is 0. The van der Waals surface area contributed by atoms with Crippen LogP contribution in [0.25, 0.3) is 0 Å². The standard InChI is InChI=1S/C34H38F4N6/c35-31-17-29(18-32(36)21-31)25-43-13-9-41(23-27-1-5-39-6-2-27)10-14-44(26-30-19-33(37)22-34(38)20-30)16-12-42(11-15-43)24-28-3-7-40-8-4-28/h1-8,17-22H,9-16,23-26H2. The average molecular weight is 607 g/mol. The van der Waals surface area contributed by atoms with E-state index >= 15 is 0 Å². The summed E-state index contributed by atoms with van der Waals surface area (Å²) in [5.74, 6) is -2.31. The lowest BCUT2D eigenvalue weighted by Gasteiger charge is -2.34. The van der Waals surface area contributed by atoms with Gasteiger partial charge in [-0.3, -0.25) is 29.6 Å². The van der Waals surface area contributed by atoms with Crippen molar-refractivity contribution in [3.8, 4) is 0 Å². The minimum Gasteiger partial charge on any atom is -0.297 e. The molecule has 232 valence electrons. The molecule has 3 heterocycles. The lowest BCUT2D eigenvalue weighted by Crippen LogP contribution is -2.45. The van der Waals surface area contributed by atoms with Crippen molar-refractivity contribution in [1.29, 1.82) is 0 Å². The van der Waals surface area contributed by atoms with Crippen LogP contribution in [0.2, 0.25) is 0 Å². The third kappa shape index (κ3) is 10.2. The van der Waals surface area contributed by atoms with E-state index in [1.54, 1.807) is 24.8 Å². The van der Waals surface area contributed by atoms with Gasteiger partial charge < -0.3 is 0 Å². The monoisotopic (exact) mass is 606 g/mol. The van der Waals surface area contributed by atoms with Gasteiger partial charge in [0.2, 0.25) is 0 Å². The van der Waals surface area contributed by atoms with Gasteiger partial charge in [-0.2, -0.15) is 0 Å². The van der Waals surface area contributed by atoms with Crippen LogP contribution in [0.5, 0.6) is 0 Å². The molecule has 0 N–H and O–H groups in total. The van der Waals surface area contributed by atoms with Crippen LogP contribution >= 0.6 is 0 Å². The molecular weight excluding hydrogens is 568 g/mol. The van der Waals surface area contributed by atoms with Crippen molar-refractivity contribution >= 4 is 0 Å². The molecule has 0 spiro atoms. The van der Waals surface area contributed by atoms with Gasteiger partial charge in [0, 0.05) is 115 Å². The van der Waals surface area contributed by atoms with Crippen molar-refractivity contribution in [2.24, 2.45) is 0 Å². The number of nitrogens with zero attached hydrogens (tertiary/aromatic N) is 6. The molecule has 0 amide bonds. The molecule has 1 aliphatic rings. The van der Waals surface area contributed by atoms with Crippen LogP contribution < -0.4 is 0 Å². The van der Waals surface area contributed by atoms with Crippen molar-refractivity contribution in [2.75, 3.05) is 52.4 Å². The summed E-state index contributed by atoms with van der Waals surface area (Å²) in [6.07, 6.45) is 7.11. The zero-order valence-corrected chi connectivity index (χ0v) is 24.8. The lowest BCUT2D eigenvalue weighted by molar-refractivity contribution is 0.122. The number of halogens is 4. The van der Waals surface area contributed by atoms with Crippen molar-refractivity contribution in [2.45, 2.75) is 26.2 Å². The first-order valence-corrected chi connectivity index (χ1v) is 14.9. The molecule has 0 aliphatic carbocycles. The Morgan fingerprint density at radius 2 is 0.636 bits per heavy atom. The quantitative estimate of drug-likeness (QED) is 0.252. The van der Waals surface area contributed by atoms with Crippen molar-refractivity contribution in [1.82, 2.24) is 29.6 Å². The molecule has 1 fully saturated rings. The van der Waals surface area contributed by atoms with Crippen molar-refractivity contribution in [3.63, 3.8) is 0 Å². The third-order valence-electron chi connectivity index (χ3n) is 7.90. The summed E-state index contributed by atoms with van der Waals surface area (Å²) in [6.45, 7) is 7.98. The van der Waals surface area contributed by atoms with Gasteiger partial charge in [-0.05, 0) is 70.8 Å². The maximum Gasteiger partial charge on any atom is 0.126 e. The highest BCUT2D eigenvalue weighted by Crippen LogP contribution is 2.15. The SMILES string of the molecule is Fc1cc(F)cc(CN2CCN(Cc3ccncc3)CCN(Cc3cc(F)cc(F)c3)CCN(Cc3ccncc3)CC2)c1. The van der Waals surface area contributed by atoms with Gasteiger partial charge in [0.05, 0.1) is 0 Å². The Hall–Kier alpha value is -3.70. The number of benzene rings is 2. The molecular formula is C34H38F4N6. The van der Waals surface area contributed by atoms with E-state index < -0.39 is 23.3 Å². The fourth-order valence-electron chi connectivity index (χ4n) is 5.62. The predicted octanol–water partition coefficient (Wildman–Crippen LogP) is 5.36. The second-order valence-electron chi connectivity index (χ2n) is 11.4. The number of hydrogen-bond acceptors (Lipinski definition) is 6. The van der Waals surface area contributed by atoms with Gasteiger partial charge in [0.15, 0.2) is 0 Å². The molecule has 2 aromatic carbocycles. The van der Waals surface area contributed by atoms with Gasteiger partial charge >= 0.3 is 0 Å². The molecule has 0 radical (unpaired) electrons. The Kier molecular flexibility index (Phi) is 11.4. The number of aromatic nitrogens is 2. The van der Waals surface area contributed by atoms with E-state index in [1.807, 2.05) is 24.3 Å². The Morgan fingerprint density at radius 1 is 0.386 bits per heavy atom. The van der Waals surface area contributed by atoms with Crippen molar-refractivity contribution < 1.29 is 17.6 Å². The summed E-state index contributed by atoms with van der Waals surface area (Å²) in [7, 11) is 0. The van der Waals surface area contributed by atoms with E-state index in [0.717, 1.165) is 49.4 Å². The zero-order valence-electron chi connectivity index (χ0n) is 24.8. The van der Waals surface area contributed by atoms with E-state index in [-0.39, 0.29) is 0 Å². The Bertz CT molecular complexity index is 1290. The number of rotatable bonds is 8. The second kappa shape index (κ2) is 15.9. The van der Waals surface area contributed by atoms with Crippen LogP contribution in [0.1, 0.15) is 22.3 Å². The summed E-state index contributed by atoms with van der Waals surface area (Å²) in [5, 5.41) is 0. The van der Waals surface area contributed by atoms with Gasteiger partial charge in [-0.15, -0.1) is 0 Å².